The molecule has 1 aliphatic rings. The Hall–Kier alpha value is -3.22. The fourth-order valence-electron chi connectivity index (χ4n) is 3.70. The van der Waals surface area contributed by atoms with E-state index in [1.54, 1.807) is 19.3 Å². The molecule has 144 valence electrons. The second kappa shape index (κ2) is 7.07. The smallest absolute Gasteiger partial charge is 0.256 e. The Morgan fingerprint density at radius 3 is 2.54 bits per heavy atom. The topological polar surface area (TPSA) is 73.0 Å². The molecule has 1 atom stereocenters. The van der Waals surface area contributed by atoms with E-state index in [0.717, 1.165) is 11.4 Å². The van der Waals surface area contributed by atoms with Gasteiger partial charge in [0, 0.05) is 31.4 Å². The van der Waals surface area contributed by atoms with Crippen LogP contribution in [-0.4, -0.2) is 36.7 Å². The molecule has 7 nitrogen and oxygen atoms in total. The number of benzene rings is 1. The van der Waals surface area contributed by atoms with Gasteiger partial charge in [-0.25, -0.2) is 9.67 Å². The number of carbonyl (C=O) groups excluding carboxylic acids is 1. The predicted octanol–water partition coefficient (Wildman–Crippen LogP) is 2.50. The highest BCUT2D eigenvalue weighted by Crippen LogP contribution is 2.33. The van der Waals surface area contributed by atoms with Crippen LogP contribution >= 0.6 is 0 Å². The van der Waals surface area contributed by atoms with Crippen LogP contribution in [0.4, 0.5) is 0 Å². The standard InChI is InChI=1S/C21H23N5O2/c1-14(2)18-20-22-19(15-7-5-4-6-8-15)23-26(20)12-11-25(18)21(28)16-9-10-17(27)24(3)13-16/h4-10,13-14,18H,11-12H2,1-3H3/t18-/m0/s1. The van der Waals surface area contributed by atoms with Crippen molar-refractivity contribution in [3.05, 3.63) is 70.4 Å². The molecule has 2 aromatic heterocycles. The Bertz CT molecular complexity index is 1070. The van der Waals surface area contributed by atoms with Gasteiger partial charge in [0.1, 0.15) is 0 Å². The minimum absolute atomic E-state index is 0.0928. The molecule has 0 aliphatic carbocycles. The number of nitrogens with zero attached hydrogens (tertiary/aromatic N) is 5. The highest BCUT2D eigenvalue weighted by atomic mass is 16.2. The lowest BCUT2D eigenvalue weighted by molar-refractivity contribution is 0.0536. The lowest BCUT2D eigenvalue weighted by Crippen LogP contribution is -2.44. The first kappa shape index (κ1) is 18.2. The third-order valence-electron chi connectivity index (χ3n) is 5.11. The normalized spacial score (nSPS) is 16.3. The maximum atomic E-state index is 13.2. The lowest BCUT2D eigenvalue weighted by Gasteiger charge is -2.37. The minimum Gasteiger partial charge on any atom is -0.326 e. The van der Waals surface area contributed by atoms with Crippen molar-refractivity contribution in [2.75, 3.05) is 6.54 Å². The Balaban J connectivity index is 1.72. The summed E-state index contributed by atoms with van der Waals surface area (Å²) in [5.74, 6) is 1.56. The maximum Gasteiger partial charge on any atom is 0.256 e. The number of hydrogen-bond acceptors (Lipinski definition) is 4. The number of aryl methyl sites for hydroxylation is 1. The van der Waals surface area contributed by atoms with Crippen LogP contribution in [0.2, 0.25) is 0 Å². The molecular weight excluding hydrogens is 354 g/mol. The van der Waals surface area contributed by atoms with Crippen molar-refractivity contribution in [2.24, 2.45) is 13.0 Å². The highest BCUT2D eigenvalue weighted by Gasteiger charge is 2.36. The van der Waals surface area contributed by atoms with Crippen LogP contribution in [-0.2, 0) is 13.6 Å². The molecule has 0 unspecified atom stereocenters. The summed E-state index contributed by atoms with van der Waals surface area (Å²) >= 11 is 0. The molecule has 0 N–H and O–H groups in total. The maximum absolute atomic E-state index is 13.2. The van der Waals surface area contributed by atoms with E-state index in [1.165, 1.54) is 10.6 Å². The zero-order chi connectivity index (χ0) is 19.8. The molecule has 0 bridgehead atoms. The van der Waals surface area contributed by atoms with Crippen molar-refractivity contribution < 1.29 is 4.79 Å². The molecule has 1 aliphatic heterocycles. The van der Waals surface area contributed by atoms with Crippen LogP contribution in [0, 0.1) is 5.92 Å². The molecule has 0 saturated carbocycles. The van der Waals surface area contributed by atoms with Crippen molar-refractivity contribution in [1.82, 2.24) is 24.2 Å². The third-order valence-corrected chi connectivity index (χ3v) is 5.11. The van der Waals surface area contributed by atoms with Gasteiger partial charge in [-0.05, 0) is 12.0 Å². The van der Waals surface area contributed by atoms with E-state index in [0.29, 0.717) is 24.5 Å². The van der Waals surface area contributed by atoms with Crippen LogP contribution in [0.1, 0.15) is 36.1 Å². The van der Waals surface area contributed by atoms with Crippen molar-refractivity contribution in [2.45, 2.75) is 26.4 Å². The number of rotatable bonds is 3. The summed E-state index contributed by atoms with van der Waals surface area (Å²) in [6.07, 6.45) is 1.59. The quantitative estimate of drug-likeness (QED) is 0.703. The fourth-order valence-corrected chi connectivity index (χ4v) is 3.70. The number of pyridine rings is 1. The summed E-state index contributed by atoms with van der Waals surface area (Å²) in [6.45, 7) is 5.31. The van der Waals surface area contributed by atoms with Crippen LogP contribution in [0.15, 0.2) is 53.5 Å². The molecule has 0 spiro atoms. The van der Waals surface area contributed by atoms with Gasteiger partial charge < -0.3 is 9.47 Å². The van der Waals surface area contributed by atoms with Crippen molar-refractivity contribution in [3.8, 4) is 11.4 Å². The van der Waals surface area contributed by atoms with Crippen molar-refractivity contribution in [3.63, 3.8) is 0 Å². The minimum atomic E-state index is -0.177. The highest BCUT2D eigenvalue weighted by molar-refractivity contribution is 5.94. The second-order valence-corrected chi connectivity index (χ2v) is 7.44. The van der Waals surface area contributed by atoms with Gasteiger partial charge in [-0.2, -0.15) is 5.10 Å². The molecule has 3 aromatic rings. The average molecular weight is 377 g/mol. The van der Waals surface area contributed by atoms with E-state index in [9.17, 15) is 9.59 Å². The number of carbonyl (C=O) groups is 1. The number of hydrogen-bond donors (Lipinski definition) is 0. The van der Waals surface area contributed by atoms with Gasteiger partial charge in [0.15, 0.2) is 11.6 Å². The number of amides is 1. The molecule has 1 amide bonds. The largest absolute Gasteiger partial charge is 0.326 e. The molecule has 1 aromatic carbocycles. The Kier molecular flexibility index (Phi) is 4.58. The molecule has 4 rings (SSSR count). The van der Waals surface area contributed by atoms with Crippen LogP contribution in [0.25, 0.3) is 11.4 Å². The second-order valence-electron chi connectivity index (χ2n) is 7.44. The van der Waals surface area contributed by atoms with Crippen molar-refractivity contribution >= 4 is 5.91 Å². The fraction of sp³-hybridized carbons (Fsp3) is 0.333. The van der Waals surface area contributed by atoms with Gasteiger partial charge in [-0.3, -0.25) is 9.59 Å². The zero-order valence-electron chi connectivity index (χ0n) is 16.2. The number of aromatic nitrogens is 4. The Morgan fingerprint density at radius 2 is 1.86 bits per heavy atom. The summed E-state index contributed by atoms with van der Waals surface area (Å²) in [7, 11) is 1.65. The van der Waals surface area contributed by atoms with Crippen LogP contribution in [0.5, 0.6) is 0 Å². The first-order chi connectivity index (χ1) is 13.5. The monoisotopic (exact) mass is 377 g/mol. The van der Waals surface area contributed by atoms with Gasteiger partial charge in [0.2, 0.25) is 5.56 Å². The summed E-state index contributed by atoms with van der Waals surface area (Å²) in [6, 6.07) is 12.7. The predicted molar refractivity (Wildman–Crippen MR) is 106 cm³/mol. The van der Waals surface area contributed by atoms with Crippen LogP contribution in [0.3, 0.4) is 0 Å². The third kappa shape index (κ3) is 3.13. The summed E-state index contributed by atoms with van der Waals surface area (Å²) in [4.78, 5) is 31.5. The molecule has 28 heavy (non-hydrogen) atoms. The van der Waals surface area contributed by atoms with E-state index in [1.807, 2.05) is 39.9 Å². The summed E-state index contributed by atoms with van der Waals surface area (Å²) < 4.78 is 3.34. The molecule has 7 heteroatoms. The first-order valence-corrected chi connectivity index (χ1v) is 9.43. The summed E-state index contributed by atoms with van der Waals surface area (Å²) in [5.41, 5.74) is 1.33. The van der Waals surface area contributed by atoms with E-state index in [2.05, 4.69) is 18.9 Å². The van der Waals surface area contributed by atoms with E-state index in [4.69, 9.17) is 4.98 Å². The molecule has 0 radical (unpaired) electrons. The SMILES string of the molecule is CC(C)[C@H]1c2nc(-c3ccccc3)nn2CCN1C(=O)c1ccc(=O)n(C)c1. The van der Waals surface area contributed by atoms with E-state index in [-0.39, 0.29) is 23.4 Å². The molecule has 0 fully saturated rings. The lowest BCUT2D eigenvalue weighted by atomic mass is 9.99. The van der Waals surface area contributed by atoms with Gasteiger partial charge in [-0.1, -0.05) is 44.2 Å². The Labute approximate surface area is 163 Å². The number of fused-ring (bicyclic) bond motifs is 1. The van der Waals surface area contributed by atoms with Crippen molar-refractivity contribution in [1.29, 1.82) is 0 Å². The molecule has 3 heterocycles. The summed E-state index contributed by atoms with van der Waals surface area (Å²) in [5, 5.41) is 4.67. The van der Waals surface area contributed by atoms with E-state index >= 15 is 0 Å². The van der Waals surface area contributed by atoms with Gasteiger partial charge >= 0.3 is 0 Å². The van der Waals surface area contributed by atoms with Gasteiger partial charge in [-0.15, -0.1) is 0 Å². The van der Waals surface area contributed by atoms with Gasteiger partial charge in [0.05, 0.1) is 18.2 Å². The van der Waals surface area contributed by atoms with Gasteiger partial charge in [0.25, 0.3) is 5.91 Å². The first-order valence-electron chi connectivity index (χ1n) is 9.43. The zero-order valence-corrected chi connectivity index (χ0v) is 16.2. The molecule has 0 saturated heterocycles. The average Bonchev–Trinajstić information content (AvgIpc) is 3.13. The Morgan fingerprint density at radius 1 is 1.11 bits per heavy atom. The van der Waals surface area contributed by atoms with E-state index < -0.39 is 0 Å². The molecular formula is C21H23N5O2. The van der Waals surface area contributed by atoms with Crippen LogP contribution < -0.4 is 5.56 Å².